The van der Waals surface area contributed by atoms with Gasteiger partial charge in [0.05, 0.1) is 5.69 Å². The largest absolute Gasteiger partial charge is 0.396 e. The molecule has 92 valence electrons. The Morgan fingerprint density at radius 2 is 2.00 bits per heavy atom. The highest BCUT2D eigenvalue weighted by Crippen LogP contribution is 2.29. The number of anilines is 2. The van der Waals surface area contributed by atoms with Gasteiger partial charge >= 0.3 is 0 Å². The number of hydrogen-bond acceptors (Lipinski definition) is 2. The molecule has 2 nitrogen and oxygen atoms in total. The molecule has 1 aliphatic heterocycles. The summed E-state index contributed by atoms with van der Waals surface area (Å²) in [6.45, 7) is 1.79. The zero-order valence-corrected chi connectivity index (χ0v) is 10.1. The SMILES string of the molecule is Nc1cc(CN2CCc3ccccc32)ccc1F. The first-order valence-electron chi connectivity index (χ1n) is 6.11. The molecule has 0 saturated heterocycles. The van der Waals surface area contributed by atoms with Crippen molar-refractivity contribution in [1.82, 2.24) is 0 Å². The van der Waals surface area contributed by atoms with Crippen molar-refractivity contribution >= 4 is 11.4 Å². The zero-order chi connectivity index (χ0) is 12.5. The van der Waals surface area contributed by atoms with Gasteiger partial charge in [0.15, 0.2) is 0 Å². The summed E-state index contributed by atoms with van der Waals surface area (Å²) in [5.74, 6) is -0.347. The van der Waals surface area contributed by atoms with Gasteiger partial charge in [0.2, 0.25) is 0 Å². The first-order chi connectivity index (χ1) is 8.74. The van der Waals surface area contributed by atoms with Crippen LogP contribution >= 0.6 is 0 Å². The van der Waals surface area contributed by atoms with Gasteiger partial charge in [0.1, 0.15) is 5.82 Å². The number of halogens is 1. The molecule has 1 heterocycles. The molecule has 2 aromatic rings. The molecule has 2 aromatic carbocycles. The lowest BCUT2D eigenvalue weighted by atomic mass is 10.1. The van der Waals surface area contributed by atoms with Crippen molar-refractivity contribution in [3.8, 4) is 0 Å². The number of fused-ring (bicyclic) bond motifs is 1. The maximum Gasteiger partial charge on any atom is 0.146 e. The Morgan fingerprint density at radius 1 is 1.17 bits per heavy atom. The molecule has 0 saturated carbocycles. The number of nitrogens with two attached hydrogens (primary N) is 1. The molecule has 2 N–H and O–H groups in total. The Bertz CT molecular complexity index is 580. The zero-order valence-electron chi connectivity index (χ0n) is 10.1. The summed E-state index contributed by atoms with van der Waals surface area (Å²) in [6, 6.07) is 13.4. The van der Waals surface area contributed by atoms with E-state index < -0.39 is 0 Å². The number of nitrogens with zero attached hydrogens (tertiary/aromatic N) is 1. The van der Waals surface area contributed by atoms with E-state index in [0.717, 1.165) is 25.1 Å². The van der Waals surface area contributed by atoms with E-state index in [0.29, 0.717) is 0 Å². The minimum absolute atomic E-state index is 0.222. The fraction of sp³-hybridized carbons (Fsp3) is 0.200. The Hall–Kier alpha value is -2.03. The molecule has 0 amide bonds. The van der Waals surface area contributed by atoms with E-state index in [-0.39, 0.29) is 11.5 Å². The third-order valence-electron chi connectivity index (χ3n) is 3.42. The van der Waals surface area contributed by atoms with Crippen LogP contribution in [0, 0.1) is 5.82 Å². The van der Waals surface area contributed by atoms with Crippen LogP contribution in [0.1, 0.15) is 11.1 Å². The van der Waals surface area contributed by atoms with Gasteiger partial charge < -0.3 is 10.6 Å². The Balaban J connectivity index is 1.84. The average Bonchev–Trinajstić information content (AvgIpc) is 2.78. The van der Waals surface area contributed by atoms with Crippen molar-refractivity contribution < 1.29 is 4.39 Å². The van der Waals surface area contributed by atoms with Crippen LogP contribution in [0.4, 0.5) is 15.8 Å². The second-order valence-corrected chi connectivity index (χ2v) is 4.66. The van der Waals surface area contributed by atoms with Crippen molar-refractivity contribution in [1.29, 1.82) is 0 Å². The number of benzene rings is 2. The molecule has 18 heavy (non-hydrogen) atoms. The lowest BCUT2D eigenvalue weighted by Crippen LogP contribution is -2.19. The van der Waals surface area contributed by atoms with Crippen molar-refractivity contribution in [3.05, 3.63) is 59.4 Å². The van der Waals surface area contributed by atoms with Crippen molar-refractivity contribution in [2.75, 3.05) is 17.2 Å². The van der Waals surface area contributed by atoms with E-state index in [1.165, 1.54) is 17.3 Å². The summed E-state index contributed by atoms with van der Waals surface area (Å²) in [6.07, 6.45) is 1.08. The predicted octanol–water partition coefficient (Wildman–Crippen LogP) is 2.97. The lowest BCUT2D eigenvalue weighted by molar-refractivity contribution is 0.631. The number of hydrogen-bond donors (Lipinski definition) is 1. The molecule has 0 aromatic heterocycles. The lowest BCUT2D eigenvalue weighted by Gasteiger charge is -2.19. The highest BCUT2D eigenvalue weighted by Gasteiger charge is 2.18. The summed E-state index contributed by atoms with van der Waals surface area (Å²) in [5, 5.41) is 0. The van der Waals surface area contributed by atoms with Crippen LogP contribution in [0.3, 0.4) is 0 Å². The molecule has 0 unspecified atom stereocenters. The molecule has 1 aliphatic rings. The second-order valence-electron chi connectivity index (χ2n) is 4.66. The van der Waals surface area contributed by atoms with Crippen molar-refractivity contribution in [2.24, 2.45) is 0 Å². The predicted molar refractivity (Wildman–Crippen MR) is 72.0 cm³/mol. The number of para-hydroxylation sites is 1. The molecule has 0 bridgehead atoms. The van der Waals surface area contributed by atoms with E-state index in [1.807, 2.05) is 0 Å². The van der Waals surface area contributed by atoms with Crippen LogP contribution in [-0.2, 0) is 13.0 Å². The van der Waals surface area contributed by atoms with Crippen LogP contribution in [-0.4, -0.2) is 6.54 Å². The van der Waals surface area contributed by atoms with E-state index in [9.17, 15) is 4.39 Å². The second kappa shape index (κ2) is 4.33. The Kier molecular flexibility index (Phi) is 2.67. The van der Waals surface area contributed by atoms with Gasteiger partial charge in [-0.25, -0.2) is 4.39 Å². The van der Waals surface area contributed by atoms with Gasteiger partial charge in [0, 0.05) is 18.8 Å². The van der Waals surface area contributed by atoms with Gasteiger partial charge in [-0.1, -0.05) is 24.3 Å². The number of rotatable bonds is 2. The van der Waals surface area contributed by atoms with Crippen molar-refractivity contribution in [2.45, 2.75) is 13.0 Å². The van der Waals surface area contributed by atoms with Crippen LogP contribution in [0.2, 0.25) is 0 Å². The van der Waals surface area contributed by atoms with E-state index >= 15 is 0 Å². The van der Waals surface area contributed by atoms with E-state index in [1.54, 1.807) is 12.1 Å². The highest BCUT2D eigenvalue weighted by atomic mass is 19.1. The molecule has 0 atom stereocenters. The number of nitrogen functional groups attached to an aromatic ring is 1. The summed E-state index contributed by atoms with van der Waals surface area (Å²) >= 11 is 0. The van der Waals surface area contributed by atoms with Crippen LogP contribution in [0.15, 0.2) is 42.5 Å². The first kappa shape index (κ1) is 11.1. The molecule has 3 heteroatoms. The first-order valence-corrected chi connectivity index (χ1v) is 6.11. The van der Waals surface area contributed by atoms with Crippen molar-refractivity contribution in [3.63, 3.8) is 0 Å². The monoisotopic (exact) mass is 242 g/mol. The molecule has 0 radical (unpaired) electrons. The third kappa shape index (κ3) is 1.92. The Labute approximate surface area is 106 Å². The summed E-state index contributed by atoms with van der Waals surface area (Å²) in [5.41, 5.74) is 9.53. The standard InChI is InChI=1S/C15H15FN2/c16-13-6-5-11(9-14(13)17)10-18-8-7-12-3-1-2-4-15(12)18/h1-6,9H,7-8,10,17H2. The van der Waals surface area contributed by atoms with Gasteiger partial charge in [-0.3, -0.25) is 0 Å². The average molecular weight is 242 g/mol. The molecular formula is C15H15FN2. The maximum absolute atomic E-state index is 13.1. The maximum atomic E-state index is 13.1. The van der Waals surface area contributed by atoms with Crippen LogP contribution in [0.5, 0.6) is 0 Å². The minimum atomic E-state index is -0.347. The van der Waals surface area contributed by atoms with Crippen LogP contribution in [0.25, 0.3) is 0 Å². The van der Waals surface area contributed by atoms with Gasteiger partial charge in [-0.15, -0.1) is 0 Å². The fourth-order valence-electron chi connectivity index (χ4n) is 2.48. The normalized spacial score (nSPS) is 13.7. The highest BCUT2D eigenvalue weighted by molar-refractivity contribution is 5.58. The molecule has 0 fully saturated rings. The van der Waals surface area contributed by atoms with Gasteiger partial charge in [-0.2, -0.15) is 0 Å². The Morgan fingerprint density at radius 3 is 2.83 bits per heavy atom. The topological polar surface area (TPSA) is 29.3 Å². The molecule has 3 rings (SSSR count). The molecular weight excluding hydrogens is 227 g/mol. The van der Waals surface area contributed by atoms with Gasteiger partial charge in [0.25, 0.3) is 0 Å². The fourth-order valence-corrected chi connectivity index (χ4v) is 2.48. The third-order valence-corrected chi connectivity index (χ3v) is 3.42. The van der Waals surface area contributed by atoms with Gasteiger partial charge in [-0.05, 0) is 35.7 Å². The quantitative estimate of drug-likeness (QED) is 0.820. The summed E-state index contributed by atoms with van der Waals surface area (Å²) < 4.78 is 13.1. The molecule has 0 aliphatic carbocycles. The van der Waals surface area contributed by atoms with E-state index in [4.69, 9.17) is 5.73 Å². The minimum Gasteiger partial charge on any atom is -0.396 e. The van der Waals surface area contributed by atoms with E-state index in [2.05, 4.69) is 29.2 Å². The summed E-state index contributed by atoms with van der Waals surface area (Å²) in [7, 11) is 0. The molecule has 0 spiro atoms. The summed E-state index contributed by atoms with van der Waals surface area (Å²) in [4.78, 5) is 2.31. The smallest absolute Gasteiger partial charge is 0.146 e. The van der Waals surface area contributed by atoms with Crippen LogP contribution < -0.4 is 10.6 Å².